The van der Waals surface area contributed by atoms with Crippen molar-refractivity contribution in [3.8, 4) is 0 Å². The lowest BCUT2D eigenvalue weighted by atomic mass is 9.89. The molecule has 3 aliphatic heterocycles. The quantitative estimate of drug-likeness (QED) is 0.153. The Labute approximate surface area is 325 Å². The Balaban J connectivity index is 0.824. The second-order valence-corrected chi connectivity index (χ2v) is 15.9. The van der Waals surface area contributed by atoms with Crippen LogP contribution in [0.4, 0.5) is 27.5 Å². The minimum atomic E-state index is -0.630. The Morgan fingerprint density at radius 2 is 1.68 bits per heavy atom. The summed E-state index contributed by atoms with van der Waals surface area (Å²) in [6, 6.07) is 9.28. The van der Waals surface area contributed by atoms with Crippen LogP contribution in [-0.4, -0.2) is 87.8 Å². The highest BCUT2D eigenvalue weighted by Crippen LogP contribution is 2.35. The zero-order valence-corrected chi connectivity index (χ0v) is 32.2. The number of benzene rings is 1. The highest BCUT2D eigenvalue weighted by molar-refractivity contribution is 6.01. The van der Waals surface area contributed by atoms with Crippen LogP contribution in [0.15, 0.2) is 47.5 Å². The molecule has 13 nitrogen and oxygen atoms in total. The van der Waals surface area contributed by atoms with E-state index in [2.05, 4.69) is 41.4 Å². The van der Waals surface area contributed by atoms with Gasteiger partial charge in [-0.25, -0.2) is 14.4 Å². The standard InChI is InChI=1S/C42H50FN9O4/c1-26-33-25-45-42(48-39(33)52(29-6-3-4-7-29)41(56)37(26)27(2)53)46-35-12-10-30(24-44-35)50-22-20-49(21-23-50)17-14-28-15-18-51(19-16-28)34-9-5-8-31(38(34)43)32-11-13-36(54)47-40(32)55/h5,8-10,12,24-25,28-29,32H,3-4,6-7,11,13-23H2,1-2H3,(H,47,54,55)(H,44,45,46,48). The number of halogens is 1. The highest BCUT2D eigenvalue weighted by atomic mass is 19.1. The van der Waals surface area contributed by atoms with Gasteiger partial charge in [0.2, 0.25) is 17.8 Å². The number of imide groups is 1. The molecule has 6 heterocycles. The highest BCUT2D eigenvalue weighted by Gasteiger charge is 2.32. The van der Waals surface area contributed by atoms with Gasteiger partial charge in [-0.3, -0.25) is 34.0 Å². The zero-order chi connectivity index (χ0) is 38.9. The Hall–Kier alpha value is -5.24. The van der Waals surface area contributed by atoms with Gasteiger partial charge in [-0.1, -0.05) is 25.0 Å². The van der Waals surface area contributed by atoms with Crippen molar-refractivity contribution in [1.29, 1.82) is 0 Å². The molecular formula is C42H50FN9O4. The van der Waals surface area contributed by atoms with E-state index in [1.165, 1.54) is 6.92 Å². The summed E-state index contributed by atoms with van der Waals surface area (Å²) in [6.45, 7) is 9.58. The van der Waals surface area contributed by atoms with Crippen molar-refractivity contribution >= 4 is 51.8 Å². The normalized spacial score (nSPS) is 20.2. The fourth-order valence-electron chi connectivity index (χ4n) is 9.17. The molecule has 8 rings (SSSR count). The molecule has 294 valence electrons. The summed E-state index contributed by atoms with van der Waals surface area (Å²) in [5.74, 6) is -0.382. The number of ketones is 1. The lowest BCUT2D eigenvalue weighted by Gasteiger charge is -2.38. The number of carbonyl (C=O) groups excluding carboxylic acids is 3. The van der Waals surface area contributed by atoms with Crippen molar-refractivity contribution in [1.82, 2.24) is 29.7 Å². The van der Waals surface area contributed by atoms with E-state index in [1.54, 1.807) is 29.8 Å². The van der Waals surface area contributed by atoms with Crippen molar-refractivity contribution in [2.45, 2.75) is 83.6 Å². The summed E-state index contributed by atoms with van der Waals surface area (Å²) in [4.78, 5) is 71.0. The second-order valence-electron chi connectivity index (χ2n) is 15.9. The molecule has 2 amide bonds. The van der Waals surface area contributed by atoms with Gasteiger partial charge in [0, 0.05) is 68.9 Å². The second kappa shape index (κ2) is 16.1. The number of anilines is 4. The molecule has 4 aromatic rings. The van der Waals surface area contributed by atoms with Gasteiger partial charge in [-0.05, 0) is 88.6 Å². The molecule has 1 saturated carbocycles. The van der Waals surface area contributed by atoms with E-state index in [0.29, 0.717) is 52.0 Å². The molecule has 4 fully saturated rings. The number of amides is 2. The fraction of sp³-hybridized carbons (Fsp3) is 0.500. The van der Waals surface area contributed by atoms with Gasteiger partial charge in [-0.15, -0.1) is 0 Å². The lowest BCUT2D eigenvalue weighted by Crippen LogP contribution is -2.47. The molecular weight excluding hydrogens is 714 g/mol. The van der Waals surface area contributed by atoms with E-state index in [0.717, 1.165) is 96.4 Å². The predicted octanol–water partition coefficient (Wildman–Crippen LogP) is 5.64. The van der Waals surface area contributed by atoms with Crippen LogP contribution < -0.4 is 26.0 Å². The van der Waals surface area contributed by atoms with Gasteiger partial charge in [0.1, 0.15) is 17.3 Å². The maximum atomic E-state index is 15.7. The van der Waals surface area contributed by atoms with Crippen molar-refractivity contribution in [2.24, 2.45) is 5.92 Å². The van der Waals surface area contributed by atoms with E-state index in [-0.39, 0.29) is 41.1 Å². The number of Topliss-reactive ketones (excluding diaryl/α,β-unsaturated/α-hetero) is 1. The van der Waals surface area contributed by atoms with Gasteiger partial charge in [-0.2, -0.15) is 4.98 Å². The van der Waals surface area contributed by atoms with Crippen molar-refractivity contribution in [2.75, 3.05) is 60.9 Å². The van der Waals surface area contributed by atoms with Crippen LogP contribution >= 0.6 is 0 Å². The van der Waals surface area contributed by atoms with Crippen LogP contribution in [-0.2, 0) is 9.59 Å². The smallest absolute Gasteiger partial charge is 0.263 e. The molecule has 4 aliphatic rings. The summed E-state index contributed by atoms with van der Waals surface area (Å²) >= 11 is 0. The Morgan fingerprint density at radius 1 is 0.911 bits per heavy atom. The number of hydrogen-bond acceptors (Lipinski definition) is 11. The average molecular weight is 764 g/mol. The first kappa shape index (κ1) is 37.7. The van der Waals surface area contributed by atoms with Gasteiger partial charge in [0.15, 0.2) is 5.78 Å². The predicted molar refractivity (Wildman–Crippen MR) is 213 cm³/mol. The van der Waals surface area contributed by atoms with Gasteiger partial charge in [0.25, 0.3) is 5.56 Å². The van der Waals surface area contributed by atoms with Crippen LogP contribution in [0.25, 0.3) is 11.0 Å². The molecule has 1 aliphatic carbocycles. The van der Waals surface area contributed by atoms with Crippen LogP contribution in [0.5, 0.6) is 0 Å². The van der Waals surface area contributed by atoms with Crippen LogP contribution in [0, 0.1) is 18.7 Å². The third-order valence-corrected chi connectivity index (χ3v) is 12.4. The van der Waals surface area contributed by atoms with E-state index < -0.39 is 11.8 Å². The maximum Gasteiger partial charge on any atom is 0.263 e. The number of fused-ring (bicyclic) bond motifs is 1. The SMILES string of the molecule is CC(=O)c1c(C)c2cnc(Nc3ccc(N4CCN(CCC5CCN(c6cccc(C7CCC(=O)NC7=O)c6F)CC5)CC4)cn3)nc2n(C2CCCC2)c1=O. The first-order chi connectivity index (χ1) is 27.1. The van der Waals surface area contributed by atoms with Gasteiger partial charge in [0.05, 0.1) is 29.1 Å². The maximum absolute atomic E-state index is 15.7. The first-order valence-corrected chi connectivity index (χ1v) is 20.1. The summed E-state index contributed by atoms with van der Waals surface area (Å²) in [5, 5.41) is 6.28. The number of nitrogens with one attached hydrogen (secondary N) is 2. The molecule has 0 radical (unpaired) electrons. The largest absolute Gasteiger partial charge is 0.369 e. The number of piperidine rings is 2. The lowest BCUT2D eigenvalue weighted by molar-refractivity contribution is -0.134. The summed E-state index contributed by atoms with van der Waals surface area (Å²) < 4.78 is 17.4. The number of rotatable bonds is 10. The van der Waals surface area contributed by atoms with Crippen LogP contribution in [0.2, 0.25) is 0 Å². The molecule has 56 heavy (non-hydrogen) atoms. The number of carbonyl (C=O) groups is 3. The molecule has 1 aromatic carbocycles. The molecule has 0 bridgehead atoms. The molecule has 2 N–H and O–H groups in total. The van der Waals surface area contributed by atoms with Gasteiger partial charge >= 0.3 is 0 Å². The monoisotopic (exact) mass is 763 g/mol. The molecule has 3 saturated heterocycles. The third-order valence-electron chi connectivity index (χ3n) is 12.4. The first-order valence-electron chi connectivity index (χ1n) is 20.1. The molecule has 3 aromatic heterocycles. The molecule has 0 spiro atoms. The Bertz CT molecular complexity index is 2190. The zero-order valence-electron chi connectivity index (χ0n) is 32.2. The Morgan fingerprint density at radius 3 is 2.38 bits per heavy atom. The topological polar surface area (TPSA) is 146 Å². The van der Waals surface area contributed by atoms with Gasteiger partial charge < -0.3 is 15.1 Å². The number of hydrogen-bond donors (Lipinski definition) is 2. The molecule has 1 atom stereocenters. The van der Waals surface area contributed by atoms with Crippen molar-refractivity contribution in [3.05, 3.63) is 75.6 Å². The van der Waals surface area contributed by atoms with E-state index in [1.807, 2.05) is 18.3 Å². The molecule has 1 unspecified atom stereocenters. The van der Waals surface area contributed by atoms with Crippen LogP contribution in [0.3, 0.4) is 0 Å². The van der Waals surface area contributed by atoms with E-state index in [9.17, 15) is 19.2 Å². The van der Waals surface area contributed by atoms with E-state index >= 15 is 4.39 Å². The number of piperazine rings is 1. The van der Waals surface area contributed by atoms with Crippen molar-refractivity contribution in [3.63, 3.8) is 0 Å². The number of aryl methyl sites for hydroxylation is 1. The summed E-state index contributed by atoms with van der Waals surface area (Å²) in [6.07, 6.45) is 11.1. The molecule has 14 heteroatoms. The summed E-state index contributed by atoms with van der Waals surface area (Å²) in [7, 11) is 0. The number of pyridine rings is 2. The average Bonchev–Trinajstić information content (AvgIpc) is 3.73. The minimum Gasteiger partial charge on any atom is -0.369 e. The van der Waals surface area contributed by atoms with Crippen LogP contribution in [0.1, 0.15) is 98.2 Å². The number of aromatic nitrogens is 4. The minimum absolute atomic E-state index is 0.0138. The fourth-order valence-corrected chi connectivity index (χ4v) is 9.17. The summed E-state index contributed by atoms with van der Waals surface area (Å²) in [5.41, 5.74) is 3.09. The Kier molecular flexibility index (Phi) is 10.8. The van der Waals surface area contributed by atoms with E-state index in [4.69, 9.17) is 4.98 Å². The number of nitrogens with zero attached hydrogens (tertiary/aromatic N) is 7. The third kappa shape index (κ3) is 7.63. The van der Waals surface area contributed by atoms with Crippen molar-refractivity contribution < 1.29 is 18.8 Å².